The third kappa shape index (κ3) is 2.88. The molecule has 3 atom stereocenters. The van der Waals surface area contributed by atoms with Crippen molar-refractivity contribution in [2.24, 2.45) is 11.1 Å². The van der Waals surface area contributed by atoms with E-state index in [0.717, 1.165) is 6.42 Å². The molecule has 1 aliphatic rings. The number of aliphatic hydroxyl groups excluding tert-OH is 1. The summed E-state index contributed by atoms with van der Waals surface area (Å²) in [4.78, 5) is 0. The van der Waals surface area contributed by atoms with Crippen molar-refractivity contribution in [3.05, 3.63) is 0 Å². The minimum absolute atomic E-state index is 0.291. The van der Waals surface area contributed by atoms with Gasteiger partial charge in [-0.2, -0.15) is 11.8 Å². The normalized spacial score (nSPS) is 33.2. The lowest BCUT2D eigenvalue weighted by molar-refractivity contribution is 0.288. The number of hydrogen-bond acceptors (Lipinski definition) is 3. The molecule has 1 aliphatic carbocycles. The molecule has 0 aromatic rings. The summed E-state index contributed by atoms with van der Waals surface area (Å²) in [6.45, 7) is 6.99. The Labute approximate surface area is 91.6 Å². The van der Waals surface area contributed by atoms with Crippen molar-refractivity contribution in [3.63, 3.8) is 0 Å². The van der Waals surface area contributed by atoms with Crippen LogP contribution in [0.5, 0.6) is 0 Å². The first-order chi connectivity index (χ1) is 6.47. The summed E-state index contributed by atoms with van der Waals surface area (Å²) in [6, 6.07) is 0.314. The summed E-state index contributed by atoms with van der Waals surface area (Å²) in [7, 11) is 0. The van der Waals surface area contributed by atoms with E-state index in [9.17, 15) is 0 Å². The van der Waals surface area contributed by atoms with Crippen LogP contribution in [0.3, 0.4) is 0 Å². The minimum Gasteiger partial charge on any atom is -0.396 e. The molecule has 84 valence electrons. The highest BCUT2D eigenvalue weighted by Gasteiger charge is 2.39. The lowest BCUT2D eigenvalue weighted by atomic mass is 9.88. The van der Waals surface area contributed by atoms with Crippen LogP contribution in [0.1, 0.15) is 40.0 Å². The summed E-state index contributed by atoms with van der Waals surface area (Å²) in [5, 5.41) is 9.96. The highest BCUT2D eigenvalue weighted by atomic mass is 32.2. The van der Waals surface area contributed by atoms with Gasteiger partial charge in [0, 0.05) is 23.1 Å². The number of aliphatic hydroxyl groups is 1. The van der Waals surface area contributed by atoms with Gasteiger partial charge in [-0.15, -0.1) is 0 Å². The molecule has 1 rings (SSSR count). The van der Waals surface area contributed by atoms with E-state index in [-0.39, 0.29) is 0 Å². The first-order valence-electron chi connectivity index (χ1n) is 5.49. The van der Waals surface area contributed by atoms with E-state index >= 15 is 0 Å². The Balaban J connectivity index is 2.40. The van der Waals surface area contributed by atoms with Crippen LogP contribution in [0.25, 0.3) is 0 Å². The third-order valence-electron chi connectivity index (χ3n) is 3.32. The van der Waals surface area contributed by atoms with E-state index < -0.39 is 0 Å². The molecule has 0 aliphatic heterocycles. The maximum Gasteiger partial charge on any atom is 0.0441 e. The van der Waals surface area contributed by atoms with Gasteiger partial charge in [0.1, 0.15) is 0 Å². The van der Waals surface area contributed by atoms with Gasteiger partial charge in [0.15, 0.2) is 0 Å². The fourth-order valence-electron chi connectivity index (χ4n) is 2.06. The molecule has 1 fully saturated rings. The Morgan fingerprint density at radius 1 is 1.57 bits per heavy atom. The van der Waals surface area contributed by atoms with E-state index in [1.54, 1.807) is 0 Å². The van der Waals surface area contributed by atoms with E-state index in [0.29, 0.717) is 28.6 Å². The number of hydrogen-bond donors (Lipinski definition) is 2. The second-order valence-electron chi connectivity index (χ2n) is 5.05. The number of thioether (sulfide) groups is 1. The fraction of sp³-hybridized carbons (Fsp3) is 1.00. The molecule has 3 unspecified atom stereocenters. The molecule has 14 heavy (non-hydrogen) atoms. The van der Waals surface area contributed by atoms with Gasteiger partial charge in [-0.1, -0.05) is 20.8 Å². The molecular formula is C11H23NOS. The molecule has 0 bridgehead atoms. The maximum atomic E-state index is 8.83. The van der Waals surface area contributed by atoms with E-state index in [1.807, 2.05) is 11.8 Å². The zero-order chi connectivity index (χ0) is 10.8. The Bertz CT molecular complexity index is 184. The molecule has 0 saturated heterocycles. The smallest absolute Gasteiger partial charge is 0.0441 e. The van der Waals surface area contributed by atoms with E-state index in [2.05, 4.69) is 20.8 Å². The van der Waals surface area contributed by atoms with Crippen LogP contribution in [0.15, 0.2) is 0 Å². The predicted octanol–water partition coefficient (Wildman–Crippen LogP) is 2.01. The average Bonchev–Trinajstić information content (AvgIpc) is 2.33. The Morgan fingerprint density at radius 3 is 2.64 bits per heavy atom. The van der Waals surface area contributed by atoms with Crippen molar-refractivity contribution in [2.45, 2.75) is 56.6 Å². The topological polar surface area (TPSA) is 46.2 Å². The van der Waals surface area contributed by atoms with Gasteiger partial charge in [0.25, 0.3) is 0 Å². The molecular weight excluding hydrogens is 194 g/mol. The van der Waals surface area contributed by atoms with Crippen LogP contribution >= 0.6 is 11.8 Å². The summed E-state index contributed by atoms with van der Waals surface area (Å²) in [5.74, 6) is 0. The molecule has 3 heteroatoms. The largest absolute Gasteiger partial charge is 0.396 e. The quantitative estimate of drug-likeness (QED) is 0.757. The summed E-state index contributed by atoms with van der Waals surface area (Å²) < 4.78 is 0. The van der Waals surface area contributed by atoms with E-state index in [4.69, 9.17) is 10.8 Å². The maximum absolute atomic E-state index is 8.83. The number of nitrogens with two attached hydrogens (primary N) is 1. The van der Waals surface area contributed by atoms with Crippen LogP contribution in [0, 0.1) is 5.41 Å². The Morgan fingerprint density at radius 2 is 2.21 bits per heavy atom. The Kier molecular flexibility index (Phi) is 4.29. The standard InChI is InChI=1S/C11H23NOS/c1-8(5-7-13)14-9-4-6-11(2,3)10(9)12/h8-10,13H,4-7,12H2,1-3H3. The highest BCUT2D eigenvalue weighted by Crippen LogP contribution is 2.43. The van der Waals surface area contributed by atoms with Gasteiger partial charge in [0.05, 0.1) is 0 Å². The van der Waals surface area contributed by atoms with Gasteiger partial charge in [0.2, 0.25) is 0 Å². The van der Waals surface area contributed by atoms with Crippen molar-refractivity contribution in [1.29, 1.82) is 0 Å². The SMILES string of the molecule is CC(CCO)SC1CCC(C)(C)C1N. The fourth-order valence-corrected chi connectivity index (χ4v) is 3.69. The highest BCUT2D eigenvalue weighted by molar-refractivity contribution is 8.00. The predicted molar refractivity (Wildman–Crippen MR) is 63.5 cm³/mol. The first-order valence-corrected chi connectivity index (χ1v) is 6.43. The molecule has 0 aromatic heterocycles. The molecule has 0 amide bonds. The minimum atomic E-state index is 0.291. The van der Waals surface area contributed by atoms with Gasteiger partial charge >= 0.3 is 0 Å². The van der Waals surface area contributed by atoms with Crippen molar-refractivity contribution < 1.29 is 5.11 Å². The first kappa shape index (κ1) is 12.3. The van der Waals surface area contributed by atoms with Gasteiger partial charge in [-0.05, 0) is 24.7 Å². The monoisotopic (exact) mass is 217 g/mol. The summed E-state index contributed by atoms with van der Waals surface area (Å²) in [5.41, 5.74) is 6.52. The number of rotatable bonds is 4. The van der Waals surface area contributed by atoms with Crippen LogP contribution in [0.2, 0.25) is 0 Å². The molecule has 0 aromatic carbocycles. The average molecular weight is 217 g/mol. The van der Waals surface area contributed by atoms with Crippen molar-refractivity contribution in [1.82, 2.24) is 0 Å². The molecule has 0 heterocycles. The van der Waals surface area contributed by atoms with Crippen molar-refractivity contribution >= 4 is 11.8 Å². The van der Waals surface area contributed by atoms with Gasteiger partial charge in [-0.3, -0.25) is 0 Å². The second kappa shape index (κ2) is 4.86. The second-order valence-corrected chi connectivity index (χ2v) is 6.73. The Hall–Kier alpha value is 0.270. The van der Waals surface area contributed by atoms with Crippen LogP contribution in [-0.4, -0.2) is 28.3 Å². The van der Waals surface area contributed by atoms with Crippen molar-refractivity contribution in [3.8, 4) is 0 Å². The zero-order valence-electron chi connectivity index (χ0n) is 9.49. The summed E-state index contributed by atoms with van der Waals surface area (Å²) >= 11 is 1.96. The van der Waals surface area contributed by atoms with Crippen molar-refractivity contribution in [2.75, 3.05) is 6.61 Å². The summed E-state index contributed by atoms with van der Waals surface area (Å²) in [6.07, 6.45) is 3.35. The third-order valence-corrected chi connectivity index (χ3v) is 4.90. The van der Waals surface area contributed by atoms with Crippen LogP contribution < -0.4 is 5.73 Å². The lowest BCUT2D eigenvalue weighted by Gasteiger charge is -2.27. The zero-order valence-corrected chi connectivity index (χ0v) is 10.3. The van der Waals surface area contributed by atoms with Crippen LogP contribution in [0.4, 0.5) is 0 Å². The lowest BCUT2D eigenvalue weighted by Crippen LogP contribution is -2.39. The van der Waals surface area contributed by atoms with Gasteiger partial charge in [-0.25, -0.2) is 0 Å². The molecule has 0 spiro atoms. The molecule has 1 saturated carbocycles. The molecule has 3 N–H and O–H groups in total. The van der Waals surface area contributed by atoms with Gasteiger partial charge < -0.3 is 10.8 Å². The van der Waals surface area contributed by atoms with Crippen LogP contribution in [-0.2, 0) is 0 Å². The van der Waals surface area contributed by atoms with E-state index in [1.165, 1.54) is 12.8 Å². The molecule has 2 nitrogen and oxygen atoms in total. The molecule has 0 radical (unpaired) electrons.